The highest BCUT2D eigenvalue weighted by Crippen LogP contribution is 2.50. The molecule has 3 fully saturated rings. The summed E-state index contributed by atoms with van der Waals surface area (Å²) in [6, 6.07) is 18.5. The lowest BCUT2D eigenvalue weighted by molar-refractivity contribution is -0.159. The Morgan fingerprint density at radius 1 is 1.13 bits per heavy atom. The maximum absolute atomic E-state index is 10.8. The Bertz CT molecular complexity index is 1080. The Hall–Kier alpha value is -1.54. The van der Waals surface area contributed by atoms with Gasteiger partial charge >= 0.3 is 0 Å². The molecule has 0 amide bonds. The molecule has 3 aliphatic rings. The van der Waals surface area contributed by atoms with Gasteiger partial charge in [-0.25, -0.2) is 0 Å². The summed E-state index contributed by atoms with van der Waals surface area (Å²) >= 11 is 1.81. The van der Waals surface area contributed by atoms with Gasteiger partial charge in [-0.1, -0.05) is 36.4 Å². The number of nitrogens with zero attached hydrogens (tertiary/aromatic N) is 1. The molecule has 1 aliphatic carbocycles. The molecule has 3 aromatic rings. The number of hydrogen-bond acceptors (Lipinski definition) is 5. The first-order valence-corrected chi connectivity index (χ1v) is 15.0. The average Bonchev–Trinajstić information content (AvgIpc) is 3.20. The number of piperidine rings is 1. The summed E-state index contributed by atoms with van der Waals surface area (Å²) in [7, 11) is -0.555. The fourth-order valence-corrected chi connectivity index (χ4v) is 8.29. The molecule has 2 bridgehead atoms. The minimum atomic E-state index is -2.38. The zero-order valence-electron chi connectivity index (χ0n) is 18.5. The van der Waals surface area contributed by atoms with E-state index in [1.807, 2.05) is 31.5 Å². The molecule has 0 radical (unpaired) electrons. The molecule has 6 heteroatoms. The van der Waals surface area contributed by atoms with Gasteiger partial charge in [-0.05, 0) is 72.1 Å². The first kappa shape index (κ1) is 21.3. The van der Waals surface area contributed by atoms with E-state index in [0.717, 1.165) is 5.19 Å². The van der Waals surface area contributed by atoms with Crippen LogP contribution in [0.5, 0.6) is 0 Å². The van der Waals surface area contributed by atoms with Crippen LogP contribution in [0.2, 0.25) is 13.1 Å². The molecule has 2 saturated heterocycles. The van der Waals surface area contributed by atoms with Crippen molar-refractivity contribution in [3.63, 3.8) is 0 Å². The number of benzene rings is 2. The standard InChI is InChI=1S/C25H32N2O2SSi/c1-29-25(23-14-21-22(30-23)8-5-9-24(21)31(2,3)28)27-19-11-18(12-20(27)13-19)17-7-4-6-16(10-17)15-26/h4-10,14,18-20,25,28H,11-13,15,26H2,1-3H3. The lowest BCUT2D eigenvalue weighted by Gasteiger charge is -2.57. The van der Waals surface area contributed by atoms with Gasteiger partial charge in [0.15, 0.2) is 0 Å². The number of thiophene rings is 1. The Kier molecular flexibility index (Phi) is 5.57. The number of rotatable bonds is 6. The van der Waals surface area contributed by atoms with Crippen molar-refractivity contribution in [1.82, 2.24) is 4.90 Å². The van der Waals surface area contributed by atoms with Crippen molar-refractivity contribution >= 4 is 34.9 Å². The zero-order chi connectivity index (χ0) is 21.8. The van der Waals surface area contributed by atoms with E-state index in [1.54, 1.807) is 0 Å². The van der Waals surface area contributed by atoms with Crippen LogP contribution >= 0.6 is 11.3 Å². The van der Waals surface area contributed by atoms with E-state index in [9.17, 15) is 4.80 Å². The van der Waals surface area contributed by atoms with Gasteiger partial charge in [0, 0.05) is 35.3 Å². The minimum absolute atomic E-state index is 0.00574. The fraction of sp³-hybridized carbons (Fsp3) is 0.440. The van der Waals surface area contributed by atoms with Crippen LogP contribution in [0.25, 0.3) is 10.1 Å². The quantitative estimate of drug-likeness (QED) is 0.543. The van der Waals surface area contributed by atoms with Crippen LogP contribution in [0.3, 0.4) is 0 Å². The predicted molar refractivity (Wildman–Crippen MR) is 131 cm³/mol. The van der Waals surface area contributed by atoms with Gasteiger partial charge in [0.25, 0.3) is 0 Å². The van der Waals surface area contributed by atoms with Gasteiger partial charge in [-0.15, -0.1) is 11.3 Å². The molecule has 3 N–H and O–H groups in total. The predicted octanol–water partition coefficient (Wildman–Crippen LogP) is 4.43. The van der Waals surface area contributed by atoms with Gasteiger partial charge in [-0.3, -0.25) is 4.90 Å². The molecule has 6 rings (SSSR count). The molecule has 3 unspecified atom stereocenters. The molecular formula is C25H32N2O2SSi. The summed E-state index contributed by atoms with van der Waals surface area (Å²) in [4.78, 5) is 14.6. The third kappa shape index (κ3) is 3.79. The SMILES string of the molecule is COC(c1cc2c([Si](C)(C)O)cccc2s1)N1C2CC(c3cccc(CN)c3)CC1C2. The summed E-state index contributed by atoms with van der Waals surface area (Å²) in [5, 5.41) is 2.32. The molecule has 3 heterocycles. The van der Waals surface area contributed by atoms with Gasteiger partial charge in [-0.2, -0.15) is 0 Å². The van der Waals surface area contributed by atoms with E-state index in [1.165, 1.54) is 45.4 Å². The number of methoxy groups -OCH3 is 1. The Labute approximate surface area is 189 Å². The highest BCUT2D eigenvalue weighted by Gasteiger charge is 2.49. The van der Waals surface area contributed by atoms with Crippen LogP contribution < -0.4 is 10.9 Å². The summed E-state index contributed by atoms with van der Waals surface area (Å²) in [5.41, 5.74) is 8.52. The second kappa shape index (κ2) is 8.10. The molecular weight excluding hydrogens is 420 g/mol. The van der Waals surface area contributed by atoms with E-state index in [-0.39, 0.29) is 6.23 Å². The Balaban J connectivity index is 1.40. The highest BCUT2D eigenvalue weighted by atomic mass is 32.1. The van der Waals surface area contributed by atoms with Crippen LogP contribution in [-0.2, 0) is 11.3 Å². The summed E-state index contributed by atoms with van der Waals surface area (Å²) in [6.45, 7) is 4.59. The van der Waals surface area contributed by atoms with Gasteiger partial charge in [0.1, 0.15) is 6.23 Å². The van der Waals surface area contributed by atoms with Crippen LogP contribution in [0.1, 0.15) is 47.4 Å². The van der Waals surface area contributed by atoms with Gasteiger partial charge in [0.2, 0.25) is 8.32 Å². The molecule has 1 saturated carbocycles. The normalized spacial score (nSPS) is 24.9. The number of hydrogen-bond donors (Lipinski definition) is 2. The number of fused-ring (bicyclic) bond motifs is 3. The molecule has 2 aliphatic heterocycles. The van der Waals surface area contributed by atoms with Gasteiger partial charge in [0.05, 0.1) is 0 Å². The van der Waals surface area contributed by atoms with Crippen LogP contribution in [-0.4, -0.2) is 37.2 Å². The molecule has 1 aromatic heterocycles. The van der Waals surface area contributed by atoms with Gasteiger partial charge < -0.3 is 15.3 Å². The number of nitrogens with two attached hydrogens (primary N) is 1. The molecule has 31 heavy (non-hydrogen) atoms. The lowest BCUT2D eigenvalue weighted by Crippen LogP contribution is -2.61. The van der Waals surface area contributed by atoms with Crippen molar-refractivity contribution in [3.8, 4) is 0 Å². The molecule has 164 valence electrons. The Morgan fingerprint density at radius 2 is 1.87 bits per heavy atom. The van der Waals surface area contributed by atoms with Crippen LogP contribution in [0, 0.1) is 0 Å². The van der Waals surface area contributed by atoms with Crippen molar-refractivity contribution in [3.05, 3.63) is 64.5 Å². The second-order valence-corrected chi connectivity index (χ2v) is 14.4. The molecule has 3 atom stereocenters. The average molecular weight is 453 g/mol. The van der Waals surface area contributed by atoms with Crippen molar-refractivity contribution < 1.29 is 9.53 Å². The first-order valence-electron chi connectivity index (χ1n) is 11.2. The van der Waals surface area contributed by atoms with E-state index in [2.05, 4.69) is 53.4 Å². The third-order valence-corrected chi connectivity index (χ3v) is 10.0. The Morgan fingerprint density at radius 3 is 2.55 bits per heavy atom. The van der Waals surface area contributed by atoms with Crippen LogP contribution in [0.4, 0.5) is 0 Å². The summed E-state index contributed by atoms with van der Waals surface area (Å²) < 4.78 is 7.32. The third-order valence-electron chi connectivity index (χ3n) is 7.14. The van der Waals surface area contributed by atoms with Crippen molar-refractivity contribution in [2.75, 3.05) is 7.11 Å². The highest BCUT2D eigenvalue weighted by molar-refractivity contribution is 7.19. The zero-order valence-corrected chi connectivity index (χ0v) is 20.4. The fourth-order valence-electron chi connectivity index (χ4n) is 5.66. The maximum atomic E-state index is 10.8. The second-order valence-electron chi connectivity index (χ2n) is 9.62. The first-order chi connectivity index (χ1) is 14.9. The summed E-state index contributed by atoms with van der Waals surface area (Å²) in [5.74, 6) is 0.610. The van der Waals surface area contributed by atoms with Crippen molar-refractivity contribution in [2.24, 2.45) is 5.73 Å². The van der Waals surface area contributed by atoms with Crippen molar-refractivity contribution in [2.45, 2.75) is 63.1 Å². The lowest BCUT2D eigenvalue weighted by atomic mass is 9.71. The smallest absolute Gasteiger partial charge is 0.214 e. The molecule has 2 aromatic carbocycles. The van der Waals surface area contributed by atoms with Crippen LogP contribution in [0.15, 0.2) is 48.5 Å². The van der Waals surface area contributed by atoms with E-state index < -0.39 is 8.32 Å². The molecule has 0 spiro atoms. The van der Waals surface area contributed by atoms with E-state index >= 15 is 0 Å². The van der Waals surface area contributed by atoms with Crippen molar-refractivity contribution in [1.29, 1.82) is 0 Å². The number of ether oxygens (including phenoxy) is 1. The monoisotopic (exact) mass is 452 g/mol. The van der Waals surface area contributed by atoms with E-state index in [4.69, 9.17) is 10.5 Å². The largest absolute Gasteiger partial charge is 0.428 e. The minimum Gasteiger partial charge on any atom is -0.428 e. The maximum Gasteiger partial charge on any atom is 0.214 e. The van der Waals surface area contributed by atoms with E-state index in [0.29, 0.717) is 24.5 Å². The topological polar surface area (TPSA) is 58.7 Å². The molecule has 4 nitrogen and oxygen atoms in total. The summed E-state index contributed by atoms with van der Waals surface area (Å²) in [6.07, 6.45) is 3.61.